The van der Waals surface area contributed by atoms with Crippen molar-refractivity contribution in [3.05, 3.63) is 23.9 Å². The van der Waals surface area contributed by atoms with Gasteiger partial charge in [-0.15, -0.1) is 5.10 Å². The topological polar surface area (TPSA) is 63.8 Å². The molecule has 0 radical (unpaired) electrons. The highest BCUT2D eigenvalue weighted by Crippen LogP contribution is 2.23. The highest BCUT2D eigenvalue weighted by Gasteiger charge is 2.16. The molecular formula is C14H18N4O. The van der Waals surface area contributed by atoms with Gasteiger partial charge in [-0.3, -0.25) is 0 Å². The monoisotopic (exact) mass is 258 g/mol. The summed E-state index contributed by atoms with van der Waals surface area (Å²) < 4.78 is 5.63. The van der Waals surface area contributed by atoms with Gasteiger partial charge in [-0.25, -0.2) is 4.98 Å². The number of pyridine rings is 1. The molecule has 1 saturated carbocycles. The molecule has 0 aliphatic heterocycles. The summed E-state index contributed by atoms with van der Waals surface area (Å²) in [5, 5.41) is 11.4. The van der Waals surface area contributed by atoms with Crippen LogP contribution in [0.15, 0.2) is 22.6 Å². The van der Waals surface area contributed by atoms with Crippen LogP contribution in [-0.2, 0) is 0 Å². The zero-order valence-electron chi connectivity index (χ0n) is 11.1. The number of aryl methyl sites for hydroxylation is 1. The number of hydrogen-bond donors (Lipinski definition) is 1. The molecule has 3 rings (SSSR count). The Morgan fingerprint density at radius 3 is 2.79 bits per heavy atom. The van der Waals surface area contributed by atoms with E-state index >= 15 is 0 Å². The van der Waals surface area contributed by atoms with Crippen molar-refractivity contribution in [2.75, 3.05) is 5.32 Å². The van der Waals surface area contributed by atoms with E-state index in [2.05, 4.69) is 20.5 Å². The summed E-state index contributed by atoms with van der Waals surface area (Å²) in [6.07, 6.45) is 6.25. The van der Waals surface area contributed by atoms with E-state index in [1.807, 2.05) is 25.1 Å². The van der Waals surface area contributed by atoms with E-state index in [4.69, 9.17) is 4.42 Å². The summed E-state index contributed by atoms with van der Waals surface area (Å²) in [6.45, 7) is 1.95. The van der Waals surface area contributed by atoms with E-state index in [0.29, 0.717) is 17.9 Å². The Morgan fingerprint density at radius 1 is 1.16 bits per heavy atom. The summed E-state index contributed by atoms with van der Waals surface area (Å²) in [5.74, 6) is 0.474. The third-order valence-corrected chi connectivity index (χ3v) is 3.47. The molecule has 0 saturated heterocycles. The van der Waals surface area contributed by atoms with E-state index in [9.17, 15) is 0 Å². The number of nitrogens with zero attached hydrogens (tertiary/aromatic N) is 3. The van der Waals surface area contributed by atoms with Gasteiger partial charge in [0, 0.05) is 11.7 Å². The van der Waals surface area contributed by atoms with Crippen molar-refractivity contribution >= 4 is 6.01 Å². The van der Waals surface area contributed by atoms with Gasteiger partial charge in [-0.2, -0.15) is 0 Å². The lowest BCUT2D eigenvalue weighted by Crippen LogP contribution is -2.22. The van der Waals surface area contributed by atoms with Crippen LogP contribution >= 0.6 is 0 Å². The van der Waals surface area contributed by atoms with Crippen molar-refractivity contribution in [1.82, 2.24) is 15.2 Å². The van der Waals surface area contributed by atoms with Crippen molar-refractivity contribution in [2.45, 2.75) is 45.1 Å². The molecule has 0 bridgehead atoms. The lowest BCUT2D eigenvalue weighted by molar-refractivity contribution is 0.449. The van der Waals surface area contributed by atoms with Crippen molar-refractivity contribution in [3.8, 4) is 11.6 Å². The molecule has 0 unspecified atom stereocenters. The molecular weight excluding hydrogens is 240 g/mol. The predicted octanol–water partition coefficient (Wildman–Crippen LogP) is 3.18. The minimum absolute atomic E-state index is 0.465. The maximum atomic E-state index is 5.63. The van der Waals surface area contributed by atoms with E-state index in [1.54, 1.807) is 0 Å². The average molecular weight is 258 g/mol. The SMILES string of the molecule is Cc1cccc(-c2nnc(NC3CCCCC3)o2)n1. The van der Waals surface area contributed by atoms with Gasteiger partial charge in [0.25, 0.3) is 5.89 Å². The molecule has 1 aliphatic rings. The van der Waals surface area contributed by atoms with Crippen LogP contribution < -0.4 is 5.32 Å². The molecule has 1 aliphatic carbocycles. The Morgan fingerprint density at radius 2 is 2.00 bits per heavy atom. The van der Waals surface area contributed by atoms with Crippen LogP contribution in [0.2, 0.25) is 0 Å². The molecule has 100 valence electrons. The lowest BCUT2D eigenvalue weighted by atomic mass is 9.96. The Kier molecular flexibility index (Phi) is 3.44. The summed E-state index contributed by atoms with van der Waals surface area (Å²) >= 11 is 0. The van der Waals surface area contributed by atoms with Gasteiger partial charge in [0.1, 0.15) is 5.69 Å². The molecule has 5 heteroatoms. The maximum absolute atomic E-state index is 5.63. The normalized spacial score (nSPS) is 16.5. The molecule has 1 fully saturated rings. The zero-order chi connectivity index (χ0) is 13.1. The molecule has 0 aromatic carbocycles. The van der Waals surface area contributed by atoms with Gasteiger partial charge in [-0.1, -0.05) is 30.4 Å². The van der Waals surface area contributed by atoms with Gasteiger partial charge < -0.3 is 9.73 Å². The lowest BCUT2D eigenvalue weighted by Gasteiger charge is -2.21. The molecule has 5 nitrogen and oxygen atoms in total. The summed E-state index contributed by atoms with van der Waals surface area (Å²) in [4.78, 5) is 4.38. The Balaban J connectivity index is 1.72. The van der Waals surface area contributed by atoms with Crippen molar-refractivity contribution < 1.29 is 4.42 Å². The molecule has 2 aromatic heterocycles. The second kappa shape index (κ2) is 5.38. The van der Waals surface area contributed by atoms with Crippen LogP contribution in [0.25, 0.3) is 11.6 Å². The fourth-order valence-electron chi connectivity index (χ4n) is 2.47. The Bertz CT molecular complexity index is 546. The predicted molar refractivity (Wildman–Crippen MR) is 72.8 cm³/mol. The second-order valence-corrected chi connectivity index (χ2v) is 5.06. The van der Waals surface area contributed by atoms with E-state index in [1.165, 1.54) is 32.1 Å². The first-order valence-corrected chi connectivity index (χ1v) is 6.85. The van der Waals surface area contributed by atoms with Crippen molar-refractivity contribution in [2.24, 2.45) is 0 Å². The largest absolute Gasteiger partial charge is 0.402 e. The van der Waals surface area contributed by atoms with E-state index < -0.39 is 0 Å². The third-order valence-electron chi connectivity index (χ3n) is 3.47. The Labute approximate surface area is 112 Å². The first-order valence-electron chi connectivity index (χ1n) is 6.85. The number of anilines is 1. The number of aromatic nitrogens is 3. The zero-order valence-corrected chi connectivity index (χ0v) is 11.1. The first kappa shape index (κ1) is 12.1. The maximum Gasteiger partial charge on any atom is 0.316 e. The first-order chi connectivity index (χ1) is 9.31. The second-order valence-electron chi connectivity index (χ2n) is 5.06. The molecule has 2 heterocycles. The molecule has 1 N–H and O–H groups in total. The summed E-state index contributed by atoms with van der Waals surface area (Å²) in [5.41, 5.74) is 1.67. The van der Waals surface area contributed by atoms with Gasteiger partial charge >= 0.3 is 6.01 Å². The van der Waals surface area contributed by atoms with Crippen molar-refractivity contribution in [1.29, 1.82) is 0 Å². The molecule has 19 heavy (non-hydrogen) atoms. The van der Waals surface area contributed by atoms with Crippen molar-refractivity contribution in [3.63, 3.8) is 0 Å². The minimum atomic E-state index is 0.465. The average Bonchev–Trinajstić information content (AvgIpc) is 2.88. The molecule has 0 spiro atoms. The number of rotatable bonds is 3. The quantitative estimate of drug-likeness (QED) is 0.916. The molecule has 2 aromatic rings. The fourth-order valence-corrected chi connectivity index (χ4v) is 2.47. The van der Waals surface area contributed by atoms with Crippen LogP contribution in [0, 0.1) is 6.92 Å². The van der Waals surface area contributed by atoms with Crippen LogP contribution in [0.4, 0.5) is 6.01 Å². The van der Waals surface area contributed by atoms with Crippen LogP contribution in [-0.4, -0.2) is 21.2 Å². The van der Waals surface area contributed by atoms with Crippen LogP contribution in [0.5, 0.6) is 0 Å². The molecule has 0 atom stereocenters. The summed E-state index contributed by atoms with van der Waals surface area (Å²) in [6, 6.07) is 6.74. The smallest absolute Gasteiger partial charge is 0.316 e. The third kappa shape index (κ3) is 2.92. The number of hydrogen-bond acceptors (Lipinski definition) is 5. The molecule has 0 amide bonds. The highest BCUT2D eigenvalue weighted by molar-refractivity contribution is 5.47. The van der Waals surface area contributed by atoms with E-state index in [-0.39, 0.29) is 0 Å². The highest BCUT2D eigenvalue weighted by atomic mass is 16.4. The Hall–Kier alpha value is -1.91. The fraction of sp³-hybridized carbons (Fsp3) is 0.500. The van der Waals surface area contributed by atoms with Crippen LogP contribution in [0.1, 0.15) is 37.8 Å². The minimum Gasteiger partial charge on any atom is -0.402 e. The number of nitrogens with one attached hydrogen (secondary N) is 1. The van der Waals surface area contributed by atoms with Gasteiger partial charge in [0.2, 0.25) is 0 Å². The van der Waals surface area contributed by atoms with Crippen LogP contribution in [0.3, 0.4) is 0 Å². The van der Waals surface area contributed by atoms with Gasteiger partial charge in [-0.05, 0) is 31.9 Å². The summed E-state index contributed by atoms with van der Waals surface area (Å²) in [7, 11) is 0. The van der Waals surface area contributed by atoms with E-state index in [0.717, 1.165) is 11.4 Å². The van der Waals surface area contributed by atoms with Gasteiger partial charge in [0.05, 0.1) is 0 Å². The standard InChI is InChI=1S/C14H18N4O/c1-10-6-5-9-12(15-10)13-17-18-14(19-13)16-11-7-3-2-4-8-11/h5-6,9,11H,2-4,7-8H2,1H3,(H,16,18). The van der Waals surface area contributed by atoms with Gasteiger partial charge in [0.15, 0.2) is 0 Å².